The van der Waals surface area contributed by atoms with Crippen molar-refractivity contribution in [3.05, 3.63) is 29.8 Å². The van der Waals surface area contributed by atoms with Crippen molar-refractivity contribution in [1.29, 1.82) is 0 Å². The molecule has 1 aliphatic carbocycles. The largest absolute Gasteiger partial charge is 0.454 e. The third kappa shape index (κ3) is 2.04. The fourth-order valence-corrected chi connectivity index (χ4v) is 3.03. The Hall–Kier alpha value is -2.01. The van der Waals surface area contributed by atoms with Gasteiger partial charge < -0.3 is 20.1 Å². The lowest BCUT2D eigenvalue weighted by molar-refractivity contribution is -0.116. The van der Waals surface area contributed by atoms with E-state index in [1.54, 1.807) is 12.2 Å². The van der Waals surface area contributed by atoms with E-state index in [4.69, 9.17) is 9.47 Å². The third-order valence-corrected chi connectivity index (χ3v) is 4.22. The highest BCUT2D eigenvalue weighted by Gasteiger charge is 2.53. The quantitative estimate of drug-likeness (QED) is 0.798. The molecule has 5 heteroatoms. The molecule has 0 radical (unpaired) electrons. The standard InChI is InChI=1S/C15H16N2O3/c18-14(17-15-10-6-16-7-11(10)15)4-2-9-1-3-12-13(5-9)20-8-19-12/h1-5,10-11,15-16H,6-8H2,(H,17,18)/b4-2+. The van der Waals surface area contributed by atoms with E-state index < -0.39 is 0 Å². The van der Waals surface area contributed by atoms with Crippen LogP contribution >= 0.6 is 0 Å². The van der Waals surface area contributed by atoms with Gasteiger partial charge >= 0.3 is 0 Å². The fraction of sp³-hybridized carbons (Fsp3) is 0.400. The fourth-order valence-electron chi connectivity index (χ4n) is 3.03. The van der Waals surface area contributed by atoms with Crippen LogP contribution in [0, 0.1) is 11.8 Å². The number of carbonyl (C=O) groups excluding carboxylic acids is 1. The van der Waals surface area contributed by atoms with Crippen molar-refractivity contribution >= 4 is 12.0 Å². The van der Waals surface area contributed by atoms with Crippen LogP contribution in [0.25, 0.3) is 6.08 Å². The summed E-state index contributed by atoms with van der Waals surface area (Å²) in [4.78, 5) is 11.9. The highest BCUT2D eigenvalue weighted by atomic mass is 16.7. The SMILES string of the molecule is O=C(/C=C/c1ccc2c(c1)OCO2)NC1C2CNCC21. The molecular weight excluding hydrogens is 256 g/mol. The van der Waals surface area contributed by atoms with Crippen molar-refractivity contribution in [3.63, 3.8) is 0 Å². The number of fused-ring (bicyclic) bond motifs is 2. The van der Waals surface area contributed by atoms with E-state index in [1.165, 1.54) is 0 Å². The Balaban J connectivity index is 1.37. The van der Waals surface area contributed by atoms with Gasteiger partial charge in [-0.3, -0.25) is 4.79 Å². The molecule has 2 heterocycles. The zero-order chi connectivity index (χ0) is 13.5. The molecule has 3 aliphatic rings. The summed E-state index contributed by atoms with van der Waals surface area (Å²) in [5.74, 6) is 2.73. The van der Waals surface area contributed by atoms with Gasteiger partial charge in [-0.1, -0.05) is 6.07 Å². The first-order valence-corrected chi connectivity index (χ1v) is 6.90. The molecule has 2 N–H and O–H groups in total. The highest BCUT2D eigenvalue weighted by molar-refractivity contribution is 5.92. The molecule has 1 amide bonds. The van der Waals surface area contributed by atoms with Crippen molar-refractivity contribution in [2.24, 2.45) is 11.8 Å². The van der Waals surface area contributed by atoms with Crippen LogP contribution in [0.3, 0.4) is 0 Å². The van der Waals surface area contributed by atoms with Crippen LogP contribution in [-0.4, -0.2) is 31.8 Å². The minimum absolute atomic E-state index is 0.0259. The second-order valence-electron chi connectivity index (χ2n) is 5.47. The van der Waals surface area contributed by atoms with Gasteiger partial charge in [0, 0.05) is 25.2 Å². The summed E-state index contributed by atoms with van der Waals surface area (Å²) in [7, 11) is 0. The van der Waals surface area contributed by atoms with Gasteiger partial charge in [-0.15, -0.1) is 0 Å². The summed E-state index contributed by atoms with van der Waals surface area (Å²) >= 11 is 0. The minimum atomic E-state index is -0.0259. The van der Waals surface area contributed by atoms with Crippen LogP contribution in [0.15, 0.2) is 24.3 Å². The number of benzene rings is 1. The molecule has 2 aliphatic heterocycles. The number of hydrogen-bond donors (Lipinski definition) is 2. The molecule has 1 saturated heterocycles. The number of ether oxygens (including phenoxy) is 2. The van der Waals surface area contributed by atoms with Crippen LogP contribution in [0.1, 0.15) is 5.56 Å². The van der Waals surface area contributed by atoms with Crippen molar-refractivity contribution < 1.29 is 14.3 Å². The van der Waals surface area contributed by atoms with Crippen molar-refractivity contribution in [3.8, 4) is 11.5 Å². The van der Waals surface area contributed by atoms with E-state index in [0.717, 1.165) is 30.2 Å². The van der Waals surface area contributed by atoms with E-state index in [-0.39, 0.29) is 12.7 Å². The van der Waals surface area contributed by atoms with Crippen LogP contribution in [0.5, 0.6) is 11.5 Å². The summed E-state index contributed by atoms with van der Waals surface area (Å²) < 4.78 is 10.6. The van der Waals surface area contributed by atoms with Crippen molar-refractivity contribution in [1.82, 2.24) is 10.6 Å². The Morgan fingerprint density at radius 1 is 1.25 bits per heavy atom. The van der Waals surface area contributed by atoms with E-state index in [9.17, 15) is 4.79 Å². The lowest BCUT2D eigenvalue weighted by Gasteiger charge is -2.04. The minimum Gasteiger partial charge on any atom is -0.454 e. The van der Waals surface area contributed by atoms with Gasteiger partial charge in [-0.2, -0.15) is 0 Å². The molecule has 1 saturated carbocycles. The van der Waals surface area contributed by atoms with E-state index in [2.05, 4.69) is 10.6 Å². The van der Waals surface area contributed by atoms with Crippen molar-refractivity contribution in [2.45, 2.75) is 6.04 Å². The molecule has 4 rings (SSSR count). The van der Waals surface area contributed by atoms with Crippen LogP contribution < -0.4 is 20.1 Å². The summed E-state index contributed by atoms with van der Waals surface area (Å²) in [5.41, 5.74) is 0.932. The van der Waals surface area contributed by atoms with Gasteiger partial charge in [0.25, 0.3) is 0 Å². The monoisotopic (exact) mass is 272 g/mol. The molecule has 1 aromatic carbocycles. The molecule has 104 valence electrons. The zero-order valence-corrected chi connectivity index (χ0v) is 11.0. The molecule has 2 unspecified atom stereocenters. The maximum absolute atomic E-state index is 11.9. The number of carbonyl (C=O) groups is 1. The normalized spacial score (nSPS) is 29.5. The number of rotatable bonds is 3. The summed E-state index contributed by atoms with van der Waals surface area (Å²) in [5, 5.41) is 6.37. The van der Waals surface area contributed by atoms with Crippen LogP contribution in [-0.2, 0) is 4.79 Å². The van der Waals surface area contributed by atoms with E-state index in [0.29, 0.717) is 17.9 Å². The molecule has 0 spiro atoms. The maximum atomic E-state index is 11.9. The first-order valence-electron chi connectivity index (χ1n) is 6.90. The predicted molar refractivity (Wildman–Crippen MR) is 73.4 cm³/mol. The Morgan fingerprint density at radius 3 is 2.90 bits per heavy atom. The Bertz CT molecular complexity index is 574. The van der Waals surface area contributed by atoms with Crippen LogP contribution in [0.2, 0.25) is 0 Å². The van der Waals surface area contributed by atoms with E-state index in [1.807, 2.05) is 18.2 Å². The molecule has 5 nitrogen and oxygen atoms in total. The summed E-state index contributed by atoms with van der Waals surface area (Å²) in [6.45, 7) is 2.32. The van der Waals surface area contributed by atoms with Gasteiger partial charge in [0.1, 0.15) is 0 Å². The predicted octanol–water partition coefficient (Wildman–Crippen LogP) is 0.762. The Morgan fingerprint density at radius 2 is 2.05 bits per heavy atom. The molecule has 20 heavy (non-hydrogen) atoms. The third-order valence-electron chi connectivity index (χ3n) is 4.22. The molecule has 1 aromatic rings. The lowest BCUT2D eigenvalue weighted by atomic mass is 10.2. The van der Waals surface area contributed by atoms with Crippen LogP contribution in [0.4, 0.5) is 0 Å². The van der Waals surface area contributed by atoms with Gasteiger partial charge in [0.2, 0.25) is 12.7 Å². The molecule has 0 aromatic heterocycles. The molecular formula is C15H16N2O3. The number of piperidine rings is 1. The molecule has 0 bridgehead atoms. The topological polar surface area (TPSA) is 59.6 Å². The van der Waals surface area contributed by atoms with Gasteiger partial charge in [0.05, 0.1) is 0 Å². The second kappa shape index (κ2) is 4.52. The average molecular weight is 272 g/mol. The molecule has 2 atom stereocenters. The smallest absolute Gasteiger partial charge is 0.244 e. The first kappa shape index (κ1) is 11.8. The van der Waals surface area contributed by atoms with Gasteiger partial charge in [0.15, 0.2) is 11.5 Å². The summed E-state index contributed by atoms with van der Waals surface area (Å²) in [6.07, 6.45) is 3.38. The number of hydrogen-bond acceptors (Lipinski definition) is 4. The Kier molecular flexibility index (Phi) is 2.67. The average Bonchev–Trinajstić information content (AvgIpc) is 2.91. The highest BCUT2D eigenvalue weighted by Crippen LogP contribution is 2.41. The lowest BCUT2D eigenvalue weighted by Crippen LogP contribution is -2.31. The number of amides is 1. The summed E-state index contributed by atoms with van der Waals surface area (Å²) in [6, 6.07) is 6.01. The van der Waals surface area contributed by atoms with Crippen molar-refractivity contribution in [2.75, 3.05) is 19.9 Å². The molecule has 2 fully saturated rings. The Labute approximate surface area is 116 Å². The van der Waals surface area contributed by atoms with E-state index >= 15 is 0 Å². The van der Waals surface area contributed by atoms with Gasteiger partial charge in [-0.25, -0.2) is 0 Å². The number of nitrogens with one attached hydrogen (secondary N) is 2. The second-order valence-corrected chi connectivity index (χ2v) is 5.47. The maximum Gasteiger partial charge on any atom is 0.244 e. The first-order chi connectivity index (χ1) is 9.81. The van der Waals surface area contributed by atoms with Gasteiger partial charge in [-0.05, 0) is 35.6 Å². The zero-order valence-electron chi connectivity index (χ0n) is 11.0.